The second-order valence-electron chi connectivity index (χ2n) is 7.06. The van der Waals surface area contributed by atoms with Crippen LogP contribution in [0.3, 0.4) is 0 Å². The predicted octanol–water partition coefficient (Wildman–Crippen LogP) is 2.63. The third kappa shape index (κ3) is 5.31. The maximum Gasteiger partial charge on any atom is 0.258 e. The number of hydrogen-bond acceptors (Lipinski definition) is 6. The summed E-state index contributed by atoms with van der Waals surface area (Å²) >= 11 is 7.20. The lowest BCUT2D eigenvalue weighted by Crippen LogP contribution is -2.49. The number of H-pyrrole nitrogens is 1. The molecule has 2 N–H and O–H groups in total. The number of benzene rings is 1. The number of carbonyl (C=O) groups is 2. The quantitative estimate of drug-likeness (QED) is 0.613. The molecule has 10 heteroatoms. The Kier molecular flexibility index (Phi) is 6.34. The standard InChI is InChI=1S/C21H20ClN5O3S/c22-15-2-4-17(5-3-15)26-7-9-27(10-8-26)19(29)11-16-13-31-21(24-16)25-20(30)14-1-6-18(28)23-12-14/h1-6,12-13H,7-11H2,(H,23,28)(H,24,25,30). The number of aromatic nitrogens is 2. The molecule has 0 radical (unpaired) electrons. The van der Waals surface area contributed by atoms with E-state index in [9.17, 15) is 14.4 Å². The number of pyridine rings is 1. The van der Waals surface area contributed by atoms with Crippen molar-refractivity contribution in [3.8, 4) is 0 Å². The number of aromatic amines is 1. The summed E-state index contributed by atoms with van der Waals surface area (Å²) in [6, 6.07) is 10.4. The second-order valence-corrected chi connectivity index (χ2v) is 8.36. The molecule has 8 nitrogen and oxygen atoms in total. The fourth-order valence-electron chi connectivity index (χ4n) is 3.30. The number of anilines is 2. The molecule has 1 aliphatic rings. The maximum absolute atomic E-state index is 12.7. The lowest BCUT2D eigenvalue weighted by atomic mass is 10.2. The SMILES string of the molecule is O=C(Nc1nc(CC(=O)N2CCN(c3ccc(Cl)cc3)CC2)cs1)c1ccc(=O)[nH]c1. The number of nitrogens with one attached hydrogen (secondary N) is 2. The number of halogens is 1. The summed E-state index contributed by atoms with van der Waals surface area (Å²) in [6.45, 7) is 2.79. The van der Waals surface area contributed by atoms with Gasteiger partial charge in [-0.3, -0.25) is 19.7 Å². The maximum atomic E-state index is 12.7. The molecular weight excluding hydrogens is 438 g/mol. The van der Waals surface area contributed by atoms with Crippen molar-refractivity contribution in [2.45, 2.75) is 6.42 Å². The number of nitrogens with zero attached hydrogens (tertiary/aromatic N) is 3. The molecule has 3 aromatic rings. The van der Waals surface area contributed by atoms with Gasteiger partial charge in [0.2, 0.25) is 11.5 Å². The van der Waals surface area contributed by atoms with Gasteiger partial charge in [-0.05, 0) is 30.3 Å². The number of thiazole rings is 1. The van der Waals surface area contributed by atoms with E-state index in [1.165, 1.54) is 29.7 Å². The van der Waals surface area contributed by atoms with Crippen LogP contribution in [0, 0.1) is 0 Å². The molecule has 0 bridgehead atoms. The Morgan fingerprint density at radius 1 is 1.10 bits per heavy atom. The van der Waals surface area contributed by atoms with Crippen LogP contribution in [0.15, 0.2) is 52.8 Å². The van der Waals surface area contributed by atoms with E-state index in [0.717, 1.165) is 18.8 Å². The summed E-state index contributed by atoms with van der Waals surface area (Å²) < 4.78 is 0. The van der Waals surface area contributed by atoms with Crippen molar-refractivity contribution in [1.82, 2.24) is 14.9 Å². The number of piperazine rings is 1. The summed E-state index contributed by atoms with van der Waals surface area (Å²) in [7, 11) is 0. The van der Waals surface area contributed by atoms with Gasteiger partial charge in [0.05, 0.1) is 17.7 Å². The van der Waals surface area contributed by atoms with Gasteiger partial charge in [0, 0.05) is 54.5 Å². The minimum Gasteiger partial charge on any atom is -0.368 e. The Labute approximate surface area is 187 Å². The van der Waals surface area contributed by atoms with Crippen LogP contribution in [-0.2, 0) is 11.2 Å². The van der Waals surface area contributed by atoms with Gasteiger partial charge in [0.1, 0.15) is 0 Å². The zero-order chi connectivity index (χ0) is 21.8. The normalized spacial score (nSPS) is 13.8. The van der Waals surface area contributed by atoms with Crippen molar-refractivity contribution in [2.75, 3.05) is 36.4 Å². The largest absolute Gasteiger partial charge is 0.368 e. The van der Waals surface area contributed by atoms with E-state index < -0.39 is 0 Å². The zero-order valence-corrected chi connectivity index (χ0v) is 18.1. The molecule has 4 rings (SSSR count). The summed E-state index contributed by atoms with van der Waals surface area (Å²) in [5.41, 5.74) is 1.76. The van der Waals surface area contributed by atoms with Crippen LogP contribution in [-0.4, -0.2) is 52.9 Å². The third-order valence-corrected chi connectivity index (χ3v) is 6.03. The summed E-state index contributed by atoms with van der Waals surface area (Å²) in [5.74, 6) is -0.360. The molecule has 1 aromatic carbocycles. The monoisotopic (exact) mass is 457 g/mol. The topological polar surface area (TPSA) is 98.4 Å². The van der Waals surface area contributed by atoms with Crippen molar-refractivity contribution in [3.63, 3.8) is 0 Å². The average molecular weight is 458 g/mol. The Morgan fingerprint density at radius 2 is 1.84 bits per heavy atom. The lowest BCUT2D eigenvalue weighted by Gasteiger charge is -2.36. The van der Waals surface area contributed by atoms with Crippen LogP contribution in [0.2, 0.25) is 5.02 Å². The minimum absolute atomic E-state index is 0.0135. The highest BCUT2D eigenvalue weighted by Crippen LogP contribution is 2.21. The first-order valence-corrected chi connectivity index (χ1v) is 11.0. The van der Waals surface area contributed by atoms with Crippen LogP contribution >= 0.6 is 22.9 Å². The van der Waals surface area contributed by atoms with Crippen LogP contribution < -0.4 is 15.8 Å². The first kappa shape index (κ1) is 21.1. The van der Waals surface area contributed by atoms with Crippen LogP contribution in [0.1, 0.15) is 16.1 Å². The van der Waals surface area contributed by atoms with Crippen molar-refractivity contribution < 1.29 is 9.59 Å². The van der Waals surface area contributed by atoms with Gasteiger partial charge in [-0.2, -0.15) is 0 Å². The zero-order valence-electron chi connectivity index (χ0n) is 16.5. The molecule has 0 saturated carbocycles. The number of rotatable bonds is 5. The molecule has 0 aliphatic carbocycles. The molecule has 2 amide bonds. The molecule has 1 fully saturated rings. The smallest absolute Gasteiger partial charge is 0.258 e. The summed E-state index contributed by atoms with van der Waals surface area (Å²) in [6.07, 6.45) is 1.53. The van der Waals surface area contributed by atoms with Gasteiger partial charge < -0.3 is 14.8 Å². The molecule has 0 atom stereocenters. The second kappa shape index (κ2) is 9.32. The van der Waals surface area contributed by atoms with E-state index in [2.05, 4.69) is 20.2 Å². The molecule has 0 spiro atoms. The van der Waals surface area contributed by atoms with E-state index >= 15 is 0 Å². The Balaban J connectivity index is 1.29. The van der Waals surface area contributed by atoms with Crippen molar-refractivity contribution in [1.29, 1.82) is 0 Å². The van der Waals surface area contributed by atoms with E-state index in [-0.39, 0.29) is 23.8 Å². The first-order chi connectivity index (χ1) is 15.0. The van der Waals surface area contributed by atoms with E-state index in [4.69, 9.17) is 11.6 Å². The average Bonchev–Trinajstić information content (AvgIpc) is 3.21. The fraction of sp³-hybridized carbons (Fsp3) is 0.238. The van der Waals surface area contributed by atoms with Gasteiger partial charge >= 0.3 is 0 Å². The van der Waals surface area contributed by atoms with E-state index in [0.29, 0.717) is 34.5 Å². The van der Waals surface area contributed by atoms with Crippen molar-refractivity contribution >= 4 is 45.6 Å². The summed E-state index contributed by atoms with van der Waals surface area (Å²) in [5, 5.41) is 5.57. The van der Waals surface area contributed by atoms with Crippen molar-refractivity contribution in [3.05, 3.63) is 74.6 Å². The molecule has 0 unspecified atom stereocenters. The van der Waals surface area contributed by atoms with E-state index in [1.807, 2.05) is 29.2 Å². The Morgan fingerprint density at radius 3 is 2.52 bits per heavy atom. The van der Waals surface area contributed by atoms with Gasteiger partial charge in [-0.15, -0.1) is 11.3 Å². The molecule has 2 aromatic heterocycles. The first-order valence-electron chi connectivity index (χ1n) is 9.71. The Hall–Kier alpha value is -3.17. The van der Waals surface area contributed by atoms with Gasteiger partial charge in [0.15, 0.2) is 5.13 Å². The van der Waals surface area contributed by atoms with Crippen LogP contribution in [0.25, 0.3) is 0 Å². The van der Waals surface area contributed by atoms with E-state index in [1.54, 1.807) is 5.38 Å². The third-order valence-electron chi connectivity index (χ3n) is 4.98. The predicted molar refractivity (Wildman–Crippen MR) is 121 cm³/mol. The van der Waals surface area contributed by atoms with Gasteiger partial charge in [-0.1, -0.05) is 11.6 Å². The molecule has 1 aliphatic heterocycles. The minimum atomic E-state index is -0.373. The number of hydrogen-bond donors (Lipinski definition) is 2. The number of amides is 2. The fourth-order valence-corrected chi connectivity index (χ4v) is 4.13. The highest BCUT2D eigenvalue weighted by Gasteiger charge is 2.22. The van der Waals surface area contributed by atoms with Crippen molar-refractivity contribution in [2.24, 2.45) is 0 Å². The highest BCUT2D eigenvalue weighted by atomic mass is 35.5. The van der Waals surface area contributed by atoms with Gasteiger partial charge in [0.25, 0.3) is 5.91 Å². The molecule has 31 heavy (non-hydrogen) atoms. The highest BCUT2D eigenvalue weighted by molar-refractivity contribution is 7.14. The van der Waals surface area contributed by atoms with Gasteiger partial charge in [-0.25, -0.2) is 4.98 Å². The Bertz CT molecular complexity index is 1120. The molecular formula is C21H20ClN5O3S. The molecule has 1 saturated heterocycles. The molecule has 3 heterocycles. The molecule has 160 valence electrons. The lowest BCUT2D eigenvalue weighted by molar-refractivity contribution is -0.130. The van der Waals surface area contributed by atoms with Crippen LogP contribution in [0.5, 0.6) is 0 Å². The van der Waals surface area contributed by atoms with Crippen LogP contribution in [0.4, 0.5) is 10.8 Å². The summed E-state index contributed by atoms with van der Waals surface area (Å²) in [4.78, 5) is 46.9. The number of carbonyl (C=O) groups excluding carboxylic acids is 2.